The van der Waals surface area contributed by atoms with Crippen LogP contribution in [-0.2, 0) is 34.0 Å². The molecule has 1 saturated heterocycles. The van der Waals surface area contributed by atoms with E-state index in [0.717, 1.165) is 13.2 Å². The SMILES string of the molecule is Cc1cc(S(=O)(=O)[O-])c(C(C)C)cc1OC(=O)C1C2CC3C(OS(=O)(=O)C31)C2OC(=O)c1cc(I)cc(I)c1I. The maximum Gasteiger partial charge on any atom is 0.339 e. The van der Waals surface area contributed by atoms with Crippen molar-refractivity contribution in [2.24, 2.45) is 17.8 Å². The zero-order valence-corrected chi connectivity index (χ0v) is 29.2. The second-order valence-electron chi connectivity index (χ2n) is 10.4. The summed E-state index contributed by atoms with van der Waals surface area (Å²) in [5, 5.41) is -1.14. The van der Waals surface area contributed by atoms with E-state index < -0.39 is 72.3 Å². The van der Waals surface area contributed by atoms with Crippen molar-refractivity contribution in [2.45, 2.75) is 55.5 Å². The lowest BCUT2D eigenvalue weighted by atomic mass is 9.84. The fraction of sp³-hybridized carbons (Fsp3) is 0.440. The van der Waals surface area contributed by atoms with Crippen molar-refractivity contribution in [1.82, 2.24) is 0 Å². The molecule has 2 aromatic rings. The number of rotatable bonds is 6. The Kier molecular flexibility index (Phi) is 8.35. The summed E-state index contributed by atoms with van der Waals surface area (Å²) in [5.74, 6) is -4.19. The molecule has 2 bridgehead atoms. The Hall–Kier alpha value is -0.610. The van der Waals surface area contributed by atoms with E-state index in [1.54, 1.807) is 19.9 Å². The molecule has 0 amide bonds. The smallest absolute Gasteiger partial charge is 0.339 e. The molecule has 5 rings (SSSR count). The number of fused-ring (bicyclic) bond motifs is 1. The number of benzene rings is 2. The summed E-state index contributed by atoms with van der Waals surface area (Å²) in [6.07, 6.45) is -1.56. The summed E-state index contributed by atoms with van der Waals surface area (Å²) < 4.78 is 80.7. The van der Waals surface area contributed by atoms with Crippen LogP contribution in [0.4, 0.5) is 0 Å². The number of carbonyl (C=O) groups is 2. The van der Waals surface area contributed by atoms with Gasteiger partial charge in [-0.3, -0.25) is 8.98 Å². The van der Waals surface area contributed by atoms with Gasteiger partial charge in [0, 0.05) is 22.5 Å². The molecule has 1 aliphatic heterocycles. The predicted octanol–water partition coefficient (Wildman–Crippen LogP) is 4.33. The molecule has 0 radical (unpaired) electrons. The van der Waals surface area contributed by atoms with E-state index in [4.69, 9.17) is 13.7 Å². The van der Waals surface area contributed by atoms with Gasteiger partial charge in [-0.25, -0.2) is 13.2 Å². The third-order valence-electron chi connectivity index (χ3n) is 7.67. The number of hydrogen-bond donors (Lipinski definition) is 0. The molecule has 2 aliphatic carbocycles. The van der Waals surface area contributed by atoms with Crippen LogP contribution in [0.15, 0.2) is 29.2 Å². The van der Waals surface area contributed by atoms with Gasteiger partial charge in [-0.1, -0.05) is 13.8 Å². The first-order chi connectivity index (χ1) is 18.5. The minimum atomic E-state index is -4.78. The molecule has 0 aromatic heterocycles. The summed E-state index contributed by atoms with van der Waals surface area (Å²) in [5.41, 5.74) is 0.743. The molecule has 40 heavy (non-hydrogen) atoms. The number of ether oxygens (including phenoxy) is 2. The average Bonchev–Trinajstić information content (AvgIpc) is 3.44. The van der Waals surface area contributed by atoms with Gasteiger partial charge in [0.15, 0.2) is 0 Å². The molecule has 0 spiro atoms. The normalized spacial score (nSPS) is 28.2. The summed E-state index contributed by atoms with van der Waals surface area (Å²) >= 11 is 6.26. The molecule has 0 N–H and O–H groups in total. The van der Waals surface area contributed by atoms with E-state index in [1.165, 1.54) is 13.0 Å². The van der Waals surface area contributed by atoms with Gasteiger partial charge in [-0.05, 0) is 122 Å². The van der Waals surface area contributed by atoms with Gasteiger partial charge in [0.1, 0.15) is 33.3 Å². The molecule has 1 heterocycles. The number of esters is 2. The second-order valence-corrected chi connectivity index (χ2v) is 17.0. The maximum atomic E-state index is 13.6. The molecule has 6 unspecified atom stereocenters. The van der Waals surface area contributed by atoms with Crippen molar-refractivity contribution in [1.29, 1.82) is 0 Å². The van der Waals surface area contributed by atoms with Crippen LogP contribution >= 0.6 is 67.8 Å². The molecule has 216 valence electrons. The van der Waals surface area contributed by atoms with E-state index in [2.05, 4.69) is 45.2 Å². The highest BCUT2D eigenvalue weighted by molar-refractivity contribution is 14.1. The van der Waals surface area contributed by atoms with E-state index in [0.29, 0.717) is 15.6 Å². The van der Waals surface area contributed by atoms with Gasteiger partial charge in [0.25, 0.3) is 10.1 Å². The van der Waals surface area contributed by atoms with E-state index in [-0.39, 0.29) is 22.8 Å². The Bertz CT molecular complexity index is 1660. The van der Waals surface area contributed by atoms with Crippen LogP contribution < -0.4 is 4.74 Å². The first kappa shape index (κ1) is 30.8. The quantitative estimate of drug-likeness (QED) is 0.102. The largest absolute Gasteiger partial charge is 0.744 e. The standard InChI is InChI=1S/C25H23I3O10S2/c1-9(2)12-8-17(10(3)4-18(12)39(31,32)33)36-25(30)19-13-7-15-22(38-40(34,35)23(15)19)21(13)37-24(29)14-5-11(26)6-16(27)20(14)28/h4-6,8-9,13,15,19,21-23H,7H2,1-3H3,(H,31,32,33)/p-1. The Morgan fingerprint density at radius 3 is 2.40 bits per heavy atom. The first-order valence-corrected chi connectivity index (χ1v) is 18.2. The van der Waals surface area contributed by atoms with Crippen molar-refractivity contribution in [3.05, 3.63) is 51.7 Å². The third kappa shape index (κ3) is 5.33. The molecule has 3 fully saturated rings. The number of carbonyl (C=O) groups excluding carboxylic acids is 2. The maximum absolute atomic E-state index is 13.6. The fourth-order valence-electron chi connectivity index (χ4n) is 5.98. The van der Waals surface area contributed by atoms with Crippen molar-refractivity contribution in [3.63, 3.8) is 0 Å². The number of halogens is 3. The molecule has 3 aliphatic rings. The highest BCUT2D eigenvalue weighted by atomic mass is 127. The lowest BCUT2D eigenvalue weighted by molar-refractivity contribution is -0.143. The zero-order chi connectivity index (χ0) is 29.5. The van der Waals surface area contributed by atoms with Crippen LogP contribution in [0.5, 0.6) is 5.75 Å². The van der Waals surface area contributed by atoms with Crippen LogP contribution in [0.25, 0.3) is 0 Å². The number of hydrogen-bond acceptors (Lipinski definition) is 10. The molecule has 6 atom stereocenters. The Labute approximate surface area is 272 Å². The minimum Gasteiger partial charge on any atom is -0.744 e. The number of aryl methyl sites for hydroxylation is 1. The Morgan fingerprint density at radius 1 is 1.10 bits per heavy atom. The second kappa shape index (κ2) is 10.8. The Morgan fingerprint density at radius 2 is 1.77 bits per heavy atom. The van der Waals surface area contributed by atoms with Gasteiger partial charge in [-0.2, -0.15) is 8.42 Å². The van der Waals surface area contributed by atoms with E-state index in [1.807, 2.05) is 28.7 Å². The minimum absolute atomic E-state index is 0.0215. The lowest BCUT2D eigenvalue weighted by Gasteiger charge is -2.30. The molecule has 2 saturated carbocycles. The molecular weight excluding hydrogens is 905 g/mol. The fourth-order valence-corrected chi connectivity index (χ4v) is 11.3. The highest BCUT2D eigenvalue weighted by Gasteiger charge is 2.72. The topological polar surface area (TPSA) is 153 Å². The summed E-state index contributed by atoms with van der Waals surface area (Å²) in [7, 11) is -8.93. The molecule has 15 heteroatoms. The van der Waals surface area contributed by atoms with E-state index in [9.17, 15) is 31.0 Å². The average molecular weight is 927 g/mol. The summed E-state index contributed by atoms with van der Waals surface area (Å²) in [4.78, 5) is 26.4. The van der Waals surface area contributed by atoms with Crippen molar-refractivity contribution >= 4 is 99.9 Å². The van der Waals surface area contributed by atoms with Gasteiger partial charge in [0.2, 0.25) is 0 Å². The lowest BCUT2D eigenvalue weighted by Crippen LogP contribution is -2.46. The monoisotopic (exact) mass is 927 g/mol. The summed E-state index contributed by atoms with van der Waals surface area (Å²) in [6, 6.07) is 6.08. The highest BCUT2D eigenvalue weighted by Crippen LogP contribution is 2.59. The molecule has 2 aromatic carbocycles. The van der Waals surface area contributed by atoms with Crippen molar-refractivity contribution < 1.29 is 44.6 Å². The van der Waals surface area contributed by atoms with Crippen LogP contribution in [0.3, 0.4) is 0 Å². The van der Waals surface area contributed by atoms with Crippen LogP contribution in [-0.4, -0.2) is 50.8 Å². The van der Waals surface area contributed by atoms with Gasteiger partial charge in [0.05, 0.1) is 16.4 Å². The van der Waals surface area contributed by atoms with Crippen molar-refractivity contribution in [2.75, 3.05) is 0 Å². The van der Waals surface area contributed by atoms with E-state index >= 15 is 0 Å². The van der Waals surface area contributed by atoms with Crippen LogP contribution in [0.2, 0.25) is 0 Å². The van der Waals surface area contributed by atoms with Crippen LogP contribution in [0, 0.1) is 35.4 Å². The van der Waals surface area contributed by atoms with Gasteiger partial charge in [-0.15, -0.1) is 0 Å². The predicted molar refractivity (Wildman–Crippen MR) is 165 cm³/mol. The molecular formula is C25H22I3O10S2-. The van der Waals surface area contributed by atoms with Gasteiger partial charge < -0.3 is 14.0 Å². The van der Waals surface area contributed by atoms with Crippen LogP contribution in [0.1, 0.15) is 47.7 Å². The first-order valence-electron chi connectivity index (χ1n) is 12.1. The third-order valence-corrected chi connectivity index (χ3v) is 14.0. The summed E-state index contributed by atoms with van der Waals surface area (Å²) in [6.45, 7) is 4.87. The van der Waals surface area contributed by atoms with Gasteiger partial charge >= 0.3 is 11.9 Å². The Balaban J connectivity index is 1.46. The zero-order valence-electron chi connectivity index (χ0n) is 21.1. The van der Waals surface area contributed by atoms with Crippen molar-refractivity contribution in [3.8, 4) is 5.75 Å². The molecule has 10 nitrogen and oxygen atoms in total.